The first kappa shape index (κ1) is 11.6. The van der Waals surface area contributed by atoms with Crippen LogP contribution in [-0.4, -0.2) is 9.97 Å². The molecule has 0 radical (unpaired) electrons. The van der Waals surface area contributed by atoms with Crippen LogP contribution in [0.4, 0.5) is 0 Å². The lowest BCUT2D eigenvalue weighted by Gasteiger charge is -2.13. The molecule has 2 aliphatic rings. The van der Waals surface area contributed by atoms with E-state index in [4.69, 9.17) is 4.98 Å². The summed E-state index contributed by atoms with van der Waals surface area (Å²) in [5, 5.41) is 0. The first-order valence-electron chi connectivity index (χ1n) is 7.85. The van der Waals surface area contributed by atoms with Crippen LogP contribution < -0.4 is 0 Å². The van der Waals surface area contributed by atoms with E-state index in [1.807, 2.05) is 0 Å². The number of nitrogens with one attached hydrogen (secondary N) is 1. The summed E-state index contributed by atoms with van der Waals surface area (Å²) < 4.78 is 0. The Morgan fingerprint density at radius 3 is 2.95 bits per heavy atom. The molecule has 3 unspecified atom stereocenters. The van der Waals surface area contributed by atoms with Crippen molar-refractivity contribution in [2.75, 3.05) is 0 Å². The second-order valence-electron chi connectivity index (χ2n) is 6.60. The Morgan fingerprint density at radius 2 is 2.00 bits per heavy atom. The highest BCUT2D eigenvalue weighted by Crippen LogP contribution is 2.64. The number of benzene rings is 2. The number of imidazole rings is 1. The third-order valence-electron chi connectivity index (χ3n) is 5.30. The summed E-state index contributed by atoms with van der Waals surface area (Å²) in [5.41, 5.74) is 6.69. The molecule has 5 rings (SSSR count). The fourth-order valence-corrected chi connectivity index (χ4v) is 4.24. The lowest BCUT2D eigenvalue weighted by atomic mass is 9.92. The molecule has 1 fully saturated rings. The largest absolute Gasteiger partial charge is 0.342 e. The van der Waals surface area contributed by atoms with E-state index in [-0.39, 0.29) is 0 Å². The molecule has 2 aliphatic carbocycles. The standard InChI is InChI=1S/C19H18N2/c1-11-6-9-15-16(10-11)21-19(20-15)18-14-8-7-12-4-2-3-5-13(12)17(14)18/h2-6,9-10,14,17-18H,7-8H2,1H3,(H,20,21). The first-order valence-corrected chi connectivity index (χ1v) is 7.85. The third kappa shape index (κ3) is 1.62. The van der Waals surface area contributed by atoms with Crippen LogP contribution in [0, 0.1) is 12.8 Å². The summed E-state index contributed by atoms with van der Waals surface area (Å²) >= 11 is 0. The summed E-state index contributed by atoms with van der Waals surface area (Å²) in [7, 11) is 0. The Bertz CT molecular complexity index is 846. The van der Waals surface area contributed by atoms with Crippen molar-refractivity contribution in [3.05, 3.63) is 65.0 Å². The monoisotopic (exact) mass is 274 g/mol. The van der Waals surface area contributed by atoms with Crippen LogP contribution in [0.3, 0.4) is 0 Å². The Hall–Kier alpha value is -2.09. The second kappa shape index (κ2) is 3.97. The van der Waals surface area contributed by atoms with Gasteiger partial charge in [0, 0.05) is 5.92 Å². The molecule has 2 nitrogen and oxygen atoms in total. The third-order valence-corrected chi connectivity index (χ3v) is 5.30. The maximum Gasteiger partial charge on any atom is 0.111 e. The van der Waals surface area contributed by atoms with Crippen molar-refractivity contribution in [3.8, 4) is 0 Å². The average Bonchev–Trinajstić information content (AvgIpc) is 3.11. The maximum atomic E-state index is 4.86. The summed E-state index contributed by atoms with van der Waals surface area (Å²) in [6, 6.07) is 15.4. The highest BCUT2D eigenvalue weighted by atomic mass is 14.9. The maximum absolute atomic E-state index is 4.86. The van der Waals surface area contributed by atoms with Gasteiger partial charge in [-0.15, -0.1) is 0 Å². The number of fused-ring (bicyclic) bond motifs is 4. The van der Waals surface area contributed by atoms with Gasteiger partial charge in [-0.25, -0.2) is 4.98 Å². The first-order chi connectivity index (χ1) is 10.3. The molecule has 0 aliphatic heterocycles. The molecule has 1 heterocycles. The fourth-order valence-electron chi connectivity index (χ4n) is 4.24. The van der Waals surface area contributed by atoms with Gasteiger partial charge in [-0.05, 0) is 60.4 Å². The van der Waals surface area contributed by atoms with E-state index in [9.17, 15) is 0 Å². The van der Waals surface area contributed by atoms with Crippen LogP contribution in [-0.2, 0) is 6.42 Å². The average molecular weight is 274 g/mol. The molecule has 0 bridgehead atoms. The highest BCUT2D eigenvalue weighted by molar-refractivity contribution is 5.76. The number of aromatic nitrogens is 2. The van der Waals surface area contributed by atoms with Crippen LogP contribution >= 0.6 is 0 Å². The van der Waals surface area contributed by atoms with Crippen molar-refractivity contribution in [1.82, 2.24) is 9.97 Å². The minimum Gasteiger partial charge on any atom is -0.342 e. The molecule has 104 valence electrons. The molecule has 0 saturated heterocycles. The number of hydrogen-bond acceptors (Lipinski definition) is 1. The number of rotatable bonds is 1. The van der Waals surface area contributed by atoms with Crippen LogP contribution in [0.1, 0.15) is 40.8 Å². The van der Waals surface area contributed by atoms with Gasteiger partial charge in [0.05, 0.1) is 11.0 Å². The summed E-state index contributed by atoms with van der Waals surface area (Å²) in [5.74, 6) is 3.28. The lowest BCUT2D eigenvalue weighted by molar-refractivity contribution is 0.655. The van der Waals surface area contributed by atoms with E-state index in [1.54, 1.807) is 11.1 Å². The molecule has 1 N–H and O–H groups in total. The summed E-state index contributed by atoms with van der Waals surface area (Å²) in [6.07, 6.45) is 2.54. The Kier molecular flexibility index (Phi) is 2.19. The van der Waals surface area contributed by atoms with Gasteiger partial charge in [-0.1, -0.05) is 30.3 Å². The SMILES string of the molecule is Cc1ccc2nc(C3C4CCc5ccccc5C43)[nH]c2c1. The molecule has 1 aromatic heterocycles. The second-order valence-corrected chi connectivity index (χ2v) is 6.60. The van der Waals surface area contributed by atoms with Crippen LogP contribution in [0.25, 0.3) is 11.0 Å². The van der Waals surface area contributed by atoms with E-state index in [2.05, 4.69) is 54.4 Å². The van der Waals surface area contributed by atoms with Gasteiger partial charge in [0.25, 0.3) is 0 Å². The Labute approximate surface area is 124 Å². The number of aryl methyl sites for hydroxylation is 2. The zero-order valence-electron chi connectivity index (χ0n) is 12.1. The highest BCUT2D eigenvalue weighted by Gasteiger charge is 2.55. The molecule has 3 atom stereocenters. The minimum absolute atomic E-state index is 0.598. The van der Waals surface area contributed by atoms with E-state index in [0.717, 1.165) is 11.4 Å². The number of H-pyrrole nitrogens is 1. The topological polar surface area (TPSA) is 28.7 Å². The van der Waals surface area contributed by atoms with Crippen molar-refractivity contribution >= 4 is 11.0 Å². The zero-order valence-corrected chi connectivity index (χ0v) is 12.1. The number of aromatic amines is 1. The van der Waals surface area contributed by atoms with Crippen molar-refractivity contribution in [3.63, 3.8) is 0 Å². The normalized spacial score (nSPS) is 26.4. The van der Waals surface area contributed by atoms with E-state index in [1.165, 1.54) is 29.7 Å². The number of nitrogens with zero attached hydrogens (tertiary/aromatic N) is 1. The molecule has 21 heavy (non-hydrogen) atoms. The Morgan fingerprint density at radius 1 is 1.10 bits per heavy atom. The van der Waals surface area contributed by atoms with Gasteiger partial charge in [-0.2, -0.15) is 0 Å². The van der Waals surface area contributed by atoms with Crippen molar-refractivity contribution in [2.24, 2.45) is 5.92 Å². The van der Waals surface area contributed by atoms with Crippen LogP contribution in [0.5, 0.6) is 0 Å². The van der Waals surface area contributed by atoms with Gasteiger partial charge >= 0.3 is 0 Å². The summed E-state index contributed by atoms with van der Waals surface area (Å²) in [4.78, 5) is 8.43. The van der Waals surface area contributed by atoms with Crippen molar-refractivity contribution in [2.45, 2.75) is 31.6 Å². The zero-order chi connectivity index (χ0) is 14.0. The van der Waals surface area contributed by atoms with E-state index in [0.29, 0.717) is 11.8 Å². The smallest absolute Gasteiger partial charge is 0.111 e. The summed E-state index contributed by atoms with van der Waals surface area (Å²) in [6.45, 7) is 2.13. The molecule has 3 aromatic rings. The molecule has 0 spiro atoms. The number of hydrogen-bond donors (Lipinski definition) is 1. The van der Waals surface area contributed by atoms with Crippen LogP contribution in [0.15, 0.2) is 42.5 Å². The quantitative estimate of drug-likeness (QED) is 0.703. The van der Waals surface area contributed by atoms with Gasteiger partial charge in [0.1, 0.15) is 5.82 Å². The molecule has 2 aromatic carbocycles. The van der Waals surface area contributed by atoms with Crippen molar-refractivity contribution in [1.29, 1.82) is 0 Å². The molecule has 1 saturated carbocycles. The van der Waals surface area contributed by atoms with Gasteiger partial charge in [0.15, 0.2) is 0 Å². The van der Waals surface area contributed by atoms with Crippen molar-refractivity contribution < 1.29 is 0 Å². The lowest BCUT2D eigenvalue weighted by Crippen LogP contribution is -2.00. The van der Waals surface area contributed by atoms with Gasteiger partial charge in [-0.3, -0.25) is 0 Å². The van der Waals surface area contributed by atoms with E-state index >= 15 is 0 Å². The molecule has 2 heteroatoms. The predicted molar refractivity (Wildman–Crippen MR) is 84.6 cm³/mol. The Balaban J connectivity index is 1.57. The van der Waals surface area contributed by atoms with Gasteiger partial charge < -0.3 is 4.98 Å². The molecular weight excluding hydrogens is 256 g/mol. The fraction of sp³-hybridized carbons (Fsp3) is 0.316. The van der Waals surface area contributed by atoms with Crippen LogP contribution in [0.2, 0.25) is 0 Å². The minimum atomic E-state index is 0.598. The molecule has 0 amide bonds. The predicted octanol–water partition coefficient (Wildman–Crippen LogP) is 4.31. The molecular formula is C19H18N2. The van der Waals surface area contributed by atoms with E-state index < -0.39 is 0 Å². The van der Waals surface area contributed by atoms with Gasteiger partial charge in [0.2, 0.25) is 0 Å².